The standard InChI is InChI=1S/C15H28N6O/c1-13-6-3-4-9-21(13)14(2)10-18-15(22)17-7-5-8-20-12-16-11-19-20/h11-14H,3-10H2,1-2H3,(H2,17,18,22)/t13-,14-/m1/s1. The number of piperidine rings is 1. The Morgan fingerprint density at radius 1 is 1.41 bits per heavy atom. The number of carbonyl (C=O) groups is 1. The molecule has 2 rings (SSSR count). The number of nitrogens with one attached hydrogen (secondary N) is 2. The first-order valence-electron chi connectivity index (χ1n) is 8.26. The molecule has 2 N–H and O–H groups in total. The molecule has 2 amide bonds. The summed E-state index contributed by atoms with van der Waals surface area (Å²) in [6.45, 7) is 7.71. The Morgan fingerprint density at radius 3 is 3.00 bits per heavy atom. The van der Waals surface area contributed by atoms with Crippen molar-refractivity contribution in [2.75, 3.05) is 19.6 Å². The Kier molecular flexibility index (Phi) is 6.64. The van der Waals surface area contributed by atoms with Gasteiger partial charge in [-0.15, -0.1) is 0 Å². The van der Waals surface area contributed by atoms with Crippen LogP contribution >= 0.6 is 0 Å². The first-order valence-corrected chi connectivity index (χ1v) is 8.26. The molecule has 1 aliphatic rings. The second kappa shape index (κ2) is 8.73. The van der Waals surface area contributed by atoms with Crippen LogP contribution in [0, 0.1) is 0 Å². The maximum atomic E-state index is 11.8. The van der Waals surface area contributed by atoms with E-state index in [1.165, 1.54) is 25.6 Å². The Bertz CT molecular complexity index is 435. The van der Waals surface area contributed by atoms with Gasteiger partial charge in [-0.2, -0.15) is 5.10 Å². The van der Waals surface area contributed by atoms with E-state index in [4.69, 9.17) is 0 Å². The third-order valence-corrected chi connectivity index (χ3v) is 4.29. The summed E-state index contributed by atoms with van der Waals surface area (Å²) in [5, 5.41) is 9.87. The highest BCUT2D eigenvalue weighted by atomic mass is 16.2. The Morgan fingerprint density at radius 2 is 2.27 bits per heavy atom. The fourth-order valence-electron chi connectivity index (χ4n) is 2.99. The van der Waals surface area contributed by atoms with Crippen molar-refractivity contribution in [1.82, 2.24) is 30.3 Å². The molecule has 1 saturated heterocycles. The molecule has 0 saturated carbocycles. The highest BCUT2D eigenvalue weighted by molar-refractivity contribution is 5.73. The summed E-state index contributed by atoms with van der Waals surface area (Å²) >= 11 is 0. The van der Waals surface area contributed by atoms with Crippen molar-refractivity contribution in [2.45, 2.75) is 58.2 Å². The lowest BCUT2D eigenvalue weighted by Crippen LogP contribution is -2.49. The lowest BCUT2D eigenvalue weighted by atomic mass is 10.0. The summed E-state index contributed by atoms with van der Waals surface area (Å²) < 4.78 is 1.76. The quantitative estimate of drug-likeness (QED) is 0.743. The van der Waals surface area contributed by atoms with Crippen molar-refractivity contribution in [3.8, 4) is 0 Å². The van der Waals surface area contributed by atoms with Crippen molar-refractivity contribution in [3.63, 3.8) is 0 Å². The number of urea groups is 1. The molecular formula is C15H28N6O. The van der Waals surface area contributed by atoms with Crippen LogP contribution in [0.5, 0.6) is 0 Å². The van der Waals surface area contributed by atoms with Crippen molar-refractivity contribution in [1.29, 1.82) is 0 Å². The van der Waals surface area contributed by atoms with Gasteiger partial charge in [0.1, 0.15) is 12.7 Å². The molecular weight excluding hydrogens is 280 g/mol. The molecule has 124 valence electrons. The summed E-state index contributed by atoms with van der Waals surface area (Å²) in [6.07, 6.45) is 7.90. The van der Waals surface area contributed by atoms with Crippen LogP contribution in [0.25, 0.3) is 0 Å². The molecule has 0 unspecified atom stereocenters. The Balaban J connectivity index is 1.56. The number of aromatic nitrogens is 3. The molecule has 0 radical (unpaired) electrons. The highest BCUT2D eigenvalue weighted by Crippen LogP contribution is 2.18. The van der Waals surface area contributed by atoms with E-state index in [1.807, 2.05) is 0 Å². The number of carbonyl (C=O) groups excluding carboxylic acids is 1. The number of nitrogens with zero attached hydrogens (tertiary/aromatic N) is 4. The zero-order valence-electron chi connectivity index (χ0n) is 13.7. The van der Waals surface area contributed by atoms with E-state index >= 15 is 0 Å². The Hall–Kier alpha value is -1.63. The fourth-order valence-corrected chi connectivity index (χ4v) is 2.99. The summed E-state index contributed by atoms with van der Waals surface area (Å²) in [7, 11) is 0. The van der Waals surface area contributed by atoms with Gasteiger partial charge in [-0.3, -0.25) is 9.58 Å². The number of amides is 2. The van der Waals surface area contributed by atoms with Gasteiger partial charge in [-0.1, -0.05) is 6.42 Å². The molecule has 1 aromatic heterocycles. The summed E-state index contributed by atoms with van der Waals surface area (Å²) in [6, 6.07) is 0.919. The molecule has 7 heteroatoms. The van der Waals surface area contributed by atoms with Gasteiger partial charge in [-0.05, 0) is 39.7 Å². The monoisotopic (exact) mass is 308 g/mol. The molecule has 1 aliphatic heterocycles. The molecule has 1 fully saturated rings. The highest BCUT2D eigenvalue weighted by Gasteiger charge is 2.23. The minimum absolute atomic E-state index is 0.0879. The van der Waals surface area contributed by atoms with Gasteiger partial charge in [0.25, 0.3) is 0 Å². The average Bonchev–Trinajstić information content (AvgIpc) is 3.03. The van der Waals surface area contributed by atoms with Gasteiger partial charge in [-0.25, -0.2) is 9.78 Å². The van der Waals surface area contributed by atoms with Crippen molar-refractivity contribution >= 4 is 6.03 Å². The third kappa shape index (κ3) is 5.29. The zero-order chi connectivity index (χ0) is 15.8. The van der Waals surface area contributed by atoms with E-state index in [1.54, 1.807) is 11.0 Å². The number of hydrogen-bond acceptors (Lipinski definition) is 4. The SMILES string of the molecule is C[C@@H]1CCCCN1[C@H](C)CNC(=O)NCCCn1cncn1. The topological polar surface area (TPSA) is 75.1 Å². The van der Waals surface area contributed by atoms with E-state index in [0.717, 1.165) is 19.5 Å². The fraction of sp³-hybridized carbons (Fsp3) is 0.800. The lowest BCUT2D eigenvalue weighted by Gasteiger charge is -2.38. The zero-order valence-corrected chi connectivity index (χ0v) is 13.7. The number of aryl methyl sites for hydroxylation is 1. The normalized spacial score (nSPS) is 20.5. The van der Waals surface area contributed by atoms with E-state index < -0.39 is 0 Å². The minimum Gasteiger partial charge on any atom is -0.338 e. The minimum atomic E-state index is -0.0879. The summed E-state index contributed by atoms with van der Waals surface area (Å²) in [5.41, 5.74) is 0. The van der Waals surface area contributed by atoms with E-state index in [2.05, 4.69) is 39.5 Å². The lowest BCUT2D eigenvalue weighted by molar-refractivity contribution is 0.114. The maximum Gasteiger partial charge on any atom is 0.314 e. The molecule has 22 heavy (non-hydrogen) atoms. The van der Waals surface area contributed by atoms with Gasteiger partial charge in [0.15, 0.2) is 0 Å². The van der Waals surface area contributed by atoms with Crippen molar-refractivity contribution < 1.29 is 4.79 Å². The summed E-state index contributed by atoms with van der Waals surface area (Å²) in [5.74, 6) is 0. The van der Waals surface area contributed by atoms with E-state index in [-0.39, 0.29) is 6.03 Å². The number of hydrogen-bond donors (Lipinski definition) is 2. The van der Waals surface area contributed by atoms with Crippen LogP contribution in [0.3, 0.4) is 0 Å². The Labute approximate surface area is 132 Å². The smallest absolute Gasteiger partial charge is 0.314 e. The molecule has 2 atom stereocenters. The first-order chi connectivity index (χ1) is 10.7. The van der Waals surface area contributed by atoms with Gasteiger partial charge in [0, 0.05) is 31.7 Å². The van der Waals surface area contributed by atoms with Crippen LogP contribution < -0.4 is 10.6 Å². The van der Waals surface area contributed by atoms with Gasteiger partial charge < -0.3 is 10.6 Å². The van der Waals surface area contributed by atoms with Crippen LogP contribution in [0.1, 0.15) is 39.5 Å². The van der Waals surface area contributed by atoms with Crippen LogP contribution in [0.4, 0.5) is 4.79 Å². The van der Waals surface area contributed by atoms with E-state index in [0.29, 0.717) is 25.2 Å². The van der Waals surface area contributed by atoms with Gasteiger partial charge in [0.05, 0.1) is 0 Å². The van der Waals surface area contributed by atoms with Crippen LogP contribution in [0.2, 0.25) is 0 Å². The molecule has 0 aliphatic carbocycles. The molecule has 1 aromatic rings. The first kappa shape index (κ1) is 16.7. The predicted molar refractivity (Wildman–Crippen MR) is 85.5 cm³/mol. The van der Waals surface area contributed by atoms with Gasteiger partial charge >= 0.3 is 6.03 Å². The van der Waals surface area contributed by atoms with Crippen LogP contribution in [-0.2, 0) is 6.54 Å². The largest absolute Gasteiger partial charge is 0.338 e. The molecule has 0 aromatic carbocycles. The maximum absolute atomic E-state index is 11.8. The van der Waals surface area contributed by atoms with Crippen molar-refractivity contribution in [3.05, 3.63) is 12.7 Å². The van der Waals surface area contributed by atoms with Gasteiger partial charge in [0.2, 0.25) is 0 Å². The molecule has 0 bridgehead atoms. The molecule has 0 spiro atoms. The third-order valence-electron chi connectivity index (χ3n) is 4.29. The predicted octanol–water partition coefficient (Wildman–Crippen LogP) is 1.23. The second-order valence-corrected chi connectivity index (χ2v) is 6.08. The number of rotatable bonds is 7. The van der Waals surface area contributed by atoms with Crippen molar-refractivity contribution in [2.24, 2.45) is 0 Å². The van der Waals surface area contributed by atoms with Crippen LogP contribution in [0.15, 0.2) is 12.7 Å². The van der Waals surface area contributed by atoms with Crippen LogP contribution in [-0.4, -0.2) is 57.4 Å². The second-order valence-electron chi connectivity index (χ2n) is 6.08. The number of likely N-dealkylation sites (tertiary alicyclic amines) is 1. The van der Waals surface area contributed by atoms with E-state index in [9.17, 15) is 4.79 Å². The summed E-state index contributed by atoms with van der Waals surface area (Å²) in [4.78, 5) is 18.2. The molecule has 2 heterocycles. The average molecular weight is 308 g/mol. The molecule has 7 nitrogen and oxygen atoms in total.